The van der Waals surface area contributed by atoms with Gasteiger partial charge in [-0.25, -0.2) is 0 Å². The molecule has 0 aromatic heterocycles. The molecule has 0 bridgehead atoms. The van der Waals surface area contributed by atoms with Gasteiger partial charge >= 0.3 is 17.9 Å². The SMILES string of the molecule is CC/C=C\C/C=C\C/C=C\C/C=C\CCC(=O)OCC(COC(=O)CCCCCCCCCCCCCCCCC/C=C\CCCCCCCCCC)OC(=O)CCCCCCC/C=C\CCCCCCC. The quantitative estimate of drug-likeness (QED) is 0.0261. The summed E-state index contributed by atoms with van der Waals surface area (Å²) < 4.78 is 16.8. The molecule has 0 saturated heterocycles. The van der Waals surface area contributed by atoms with Crippen molar-refractivity contribution in [2.45, 2.75) is 316 Å². The normalized spacial score (nSPS) is 12.5. The third-order valence-corrected chi connectivity index (χ3v) is 13.4. The number of unbranched alkanes of at least 4 members (excludes halogenated alkanes) is 33. The Labute approximate surface area is 446 Å². The lowest BCUT2D eigenvalue weighted by molar-refractivity contribution is -0.166. The van der Waals surface area contributed by atoms with Crippen molar-refractivity contribution in [2.75, 3.05) is 13.2 Å². The molecule has 0 aromatic carbocycles. The van der Waals surface area contributed by atoms with E-state index in [0.717, 1.165) is 77.0 Å². The number of carbonyl (C=O) groups is 3. The monoisotopic (exact) mass is 1000 g/mol. The van der Waals surface area contributed by atoms with Gasteiger partial charge in [0.25, 0.3) is 0 Å². The van der Waals surface area contributed by atoms with Crippen molar-refractivity contribution in [3.8, 4) is 0 Å². The Morgan fingerprint density at radius 2 is 0.569 bits per heavy atom. The molecule has 1 unspecified atom stereocenters. The molecule has 0 spiro atoms. The summed E-state index contributed by atoms with van der Waals surface area (Å²) in [6.45, 7) is 6.47. The first kappa shape index (κ1) is 68.8. The first-order valence-electron chi connectivity index (χ1n) is 30.9. The average molecular weight is 1010 g/mol. The molecule has 416 valence electrons. The van der Waals surface area contributed by atoms with Gasteiger partial charge in [0.05, 0.1) is 0 Å². The molecule has 6 nitrogen and oxygen atoms in total. The van der Waals surface area contributed by atoms with Crippen LogP contribution in [0, 0.1) is 0 Å². The van der Waals surface area contributed by atoms with Crippen molar-refractivity contribution in [3.63, 3.8) is 0 Å². The fourth-order valence-electron chi connectivity index (χ4n) is 8.80. The van der Waals surface area contributed by atoms with Crippen LogP contribution in [-0.4, -0.2) is 37.2 Å². The summed E-state index contributed by atoms with van der Waals surface area (Å²) in [7, 11) is 0. The first-order chi connectivity index (χ1) is 35.5. The van der Waals surface area contributed by atoms with E-state index in [4.69, 9.17) is 14.2 Å². The van der Waals surface area contributed by atoms with Crippen molar-refractivity contribution in [3.05, 3.63) is 72.9 Å². The van der Waals surface area contributed by atoms with Gasteiger partial charge in [0.15, 0.2) is 6.10 Å². The van der Waals surface area contributed by atoms with Gasteiger partial charge in [-0.2, -0.15) is 0 Å². The molecule has 0 fully saturated rings. The molecule has 6 heteroatoms. The number of allylic oxidation sites excluding steroid dienone is 12. The first-order valence-corrected chi connectivity index (χ1v) is 30.9. The molecule has 0 aliphatic carbocycles. The summed E-state index contributed by atoms with van der Waals surface area (Å²) in [5.41, 5.74) is 0. The van der Waals surface area contributed by atoms with Crippen molar-refractivity contribution in [1.29, 1.82) is 0 Å². The lowest BCUT2D eigenvalue weighted by atomic mass is 10.0. The van der Waals surface area contributed by atoms with Crippen molar-refractivity contribution in [1.82, 2.24) is 0 Å². The average Bonchev–Trinajstić information content (AvgIpc) is 3.38. The molecule has 0 amide bonds. The Morgan fingerprint density at radius 1 is 0.292 bits per heavy atom. The molecule has 0 saturated carbocycles. The maximum Gasteiger partial charge on any atom is 0.306 e. The molecular formula is C66H116O6. The van der Waals surface area contributed by atoms with Gasteiger partial charge in [-0.15, -0.1) is 0 Å². The minimum Gasteiger partial charge on any atom is -0.462 e. The predicted molar refractivity (Wildman–Crippen MR) is 311 cm³/mol. The van der Waals surface area contributed by atoms with E-state index in [0.29, 0.717) is 19.3 Å². The number of hydrogen-bond donors (Lipinski definition) is 0. The molecule has 0 N–H and O–H groups in total. The van der Waals surface area contributed by atoms with Gasteiger partial charge in [0.2, 0.25) is 0 Å². The zero-order valence-corrected chi connectivity index (χ0v) is 47.7. The summed E-state index contributed by atoms with van der Waals surface area (Å²) in [5.74, 6) is -0.983. The number of ether oxygens (including phenoxy) is 3. The fourth-order valence-corrected chi connectivity index (χ4v) is 8.80. The van der Waals surface area contributed by atoms with E-state index in [1.54, 1.807) is 0 Å². The zero-order chi connectivity index (χ0) is 52.2. The second-order valence-electron chi connectivity index (χ2n) is 20.6. The van der Waals surface area contributed by atoms with Crippen LogP contribution in [0.2, 0.25) is 0 Å². The van der Waals surface area contributed by atoms with E-state index < -0.39 is 6.10 Å². The fraction of sp³-hybridized carbons (Fsp3) is 0.773. The van der Waals surface area contributed by atoms with Gasteiger partial charge in [0, 0.05) is 19.3 Å². The number of carbonyl (C=O) groups excluding carboxylic acids is 3. The van der Waals surface area contributed by atoms with Gasteiger partial charge < -0.3 is 14.2 Å². The Balaban J connectivity index is 4.25. The Bertz CT molecular complexity index is 1340. The van der Waals surface area contributed by atoms with Crippen molar-refractivity contribution < 1.29 is 28.6 Å². The molecule has 0 aliphatic heterocycles. The maximum absolute atomic E-state index is 12.8. The summed E-state index contributed by atoms with van der Waals surface area (Å²) >= 11 is 0. The predicted octanol–water partition coefficient (Wildman–Crippen LogP) is 20.9. The highest BCUT2D eigenvalue weighted by Gasteiger charge is 2.19. The molecule has 0 aliphatic rings. The highest BCUT2D eigenvalue weighted by Crippen LogP contribution is 2.16. The second kappa shape index (κ2) is 60.4. The van der Waals surface area contributed by atoms with Crippen LogP contribution in [0.3, 0.4) is 0 Å². The molecule has 0 heterocycles. The van der Waals surface area contributed by atoms with Gasteiger partial charge in [0.1, 0.15) is 13.2 Å². The molecule has 0 aromatic rings. The van der Waals surface area contributed by atoms with Crippen LogP contribution in [0.15, 0.2) is 72.9 Å². The van der Waals surface area contributed by atoms with E-state index in [-0.39, 0.29) is 37.5 Å². The molecular weight excluding hydrogens is 889 g/mol. The maximum atomic E-state index is 12.8. The lowest BCUT2D eigenvalue weighted by Crippen LogP contribution is -2.30. The highest BCUT2D eigenvalue weighted by atomic mass is 16.6. The minimum absolute atomic E-state index is 0.0989. The highest BCUT2D eigenvalue weighted by molar-refractivity contribution is 5.71. The van der Waals surface area contributed by atoms with Crippen molar-refractivity contribution >= 4 is 17.9 Å². The van der Waals surface area contributed by atoms with Crippen LogP contribution in [0.1, 0.15) is 310 Å². The van der Waals surface area contributed by atoms with Crippen LogP contribution in [-0.2, 0) is 28.6 Å². The summed E-state index contributed by atoms with van der Waals surface area (Å²) in [6.07, 6.45) is 77.9. The van der Waals surface area contributed by atoms with E-state index in [1.165, 1.54) is 186 Å². The largest absolute Gasteiger partial charge is 0.462 e. The van der Waals surface area contributed by atoms with E-state index >= 15 is 0 Å². The Morgan fingerprint density at radius 3 is 0.931 bits per heavy atom. The third-order valence-electron chi connectivity index (χ3n) is 13.4. The van der Waals surface area contributed by atoms with Crippen LogP contribution in [0.25, 0.3) is 0 Å². The Hall–Kier alpha value is -3.15. The molecule has 0 radical (unpaired) electrons. The van der Waals surface area contributed by atoms with Crippen molar-refractivity contribution in [2.24, 2.45) is 0 Å². The van der Waals surface area contributed by atoms with Gasteiger partial charge in [-0.05, 0) is 96.3 Å². The summed E-state index contributed by atoms with van der Waals surface area (Å²) in [5, 5.41) is 0. The van der Waals surface area contributed by atoms with E-state index in [1.807, 2.05) is 6.08 Å². The number of hydrogen-bond acceptors (Lipinski definition) is 6. The van der Waals surface area contributed by atoms with E-state index in [2.05, 4.69) is 87.6 Å². The van der Waals surface area contributed by atoms with Gasteiger partial charge in [-0.1, -0.05) is 267 Å². The standard InChI is InChI=1S/C66H116O6/c1-4-7-10-13-16-19-22-25-27-28-29-30-31-32-33-34-35-36-37-38-39-42-44-47-50-53-56-59-65(68)71-62-63(61-70-64(67)58-55-52-49-46-43-40-24-21-18-15-12-9-6-3)72-66(69)60-57-54-51-48-45-41-26-23-20-17-14-11-8-5-2/h9,12,18,21,23,26,28-29,40,43,49,52,63H,4-8,10-11,13-17,19-20,22,24-25,27,30-39,41-42,44-48,50-51,53-62H2,1-3H3/b12-9-,21-18-,26-23-,29-28-,43-40-,52-49-. The smallest absolute Gasteiger partial charge is 0.306 e. The minimum atomic E-state index is -0.808. The lowest BCUT2D eigenvalue weighted by Gasteiger charge is -2.18. The number of rotatable bonds is 56. The zero-order valence-electron chi connectivity index (χ0n) is 47.7. The summed E-state index contributed by atoms with van der Waals surface area (Å²) in [6, 6.07) is 0. The van der Waals surface area contributed by atoms with E-state index in [9.17, 15) is 14.4 Å². The third kappa shape index (κ3) is 57.7. The summed E-state index contributed by atoms with van der Waals surface area (Å²) in [4.78, 5) is 38.1. The molecule has 0 rings (SSSR count). The molecule has 1 atom stereocenters. The molecule has 72 heavy (non-hydrogen) atoms. The van der Waals surface area contributed by atoms with Crippen LogP contribution in [0.5, 0.6) is 0 Å². The second-order valence-corrected chi connectivity index (χ2v) is 20.6. The van der Waals surface area contributed by atoms with Crippen LogP contribution >= 0.6 is 0 Å². The number of esters is 3. The van der Waals surface area contributed by atoms with Crippen LogP contribution < -0.4 is 0 Å². The Kier molecular flexibility index (Phi) is 57.8. The van der Waals surface area contributed by atoms with Crippen LogP contribution in [0.4, 0.5) is 0 Å². The topological polar surface area (TPSA) is 78.9 Å². The van der Waals surface area contributed by atoms with Gasteiger partial charge in [-0.3, -0.25) is 14.4 Å².